The quantitative estimate of drug-likeness (QED) is 0.250. The zero-order valence-electron chi connectivity index (χ0n) is 16.2. The van der Waals surface area contributed by atoms with E-state index in [-0.39, 0.29) is 48.2 Å². The second-order valence-electron chi connectivity index (χ2n) is 6.95. The first-order chi connectivity index (χ1) is 15.6. The number of nitrogens with one attached hydrogen (secondary N) is 1. The van der Waals surface area contributed by atoms with Gasteiger partial charge in [0.05, 0.1) is 0 Å². The maximum Gasteiger partial charge on any atom is 0.213 e. The third kappa shape index (κ3) is 5.22. The van der Waals surface area contributed by atoms with Gasteiger partial charge in [0.15, 0.2) is 0 Å². The molecule has 4 rings (SSSR count). The highest BCUT2D eigenvalue weighted by atomic mass is 35.5. The molecular formula is C23H10Cl6N2O2. The Hall–Kier alpha value is -2.05. The Morgan fingerprint density at radius 3 is 1.42 bits per heavy atom. The topological polar surface area (TPSA) is 62.8 Å². The van der Waals surface area contributed by atoms with Crippen LogP contribution in [0.3, 0.4) is 0 Å². The van der Waals surface area contributed by atoms with E-state index in [1.54, 1.807) is 12.1 Å². The first-order valence-corrected chi connectivity index (χ1v) is 11.5. The van der Waals surface area contributed by atoms with Crippen LogP contribution in [0.15, 0.2) is 54.6 Å². The number of halogens is 6. The van der Waals surface area contributed by atoms with Crippen LogP contribution in [0.4, 0.5) is 0 Å². The number of nitrogens with zero attached hydrogens (tertiary/aromatic N) is 1. The van der Waals surface area contributed by atoms with Crippen LogP contribution in [0, 0.1) is 0 Å². The molecule has 33 heavy (non-hydrogen) atoms. The van der Waals surface area contributed by atoms with Crippen molar-refractivity contribution in [3.8, 4) is 11.1 Å². The van der Waals surface area contributed by atoms with Crippen LogP contribution in [0.5, 0.6) is 0 Å². The Kier molecular flexibility index (Phi) is 7.06. The van der Waals surface area contributed by atoms with Crippen LogP contribution >= 0.6 is 69.6 Å². The van der Waals surface area contributed by atoms with Crippen molar-refractivity contribution in [2.24, 2.45) is 0 Å². The Morgan fingerprint density at radius 2 is 0.970 bits per heavy atom. The molecule has 166 valence electrons. The molecule has 1 heterocycles. The van der Waals surface area contributed by atoms with Crippen LogP contribution < -0.4 is 0 Å². The molecule has 0 fully saturated rings. The normalized spacial score (nSPS) is 11.0. The first kappa shape index (κ1) is 24.1. The van der Waals surface area contributed by atoms with Crippen molar-refractivity contribution < 1.29 is 9.59 Å². The lowest BCUT2D eigenvalue weighted by Gasteiger charge is -2.08. The van der Waals surface area contributed by atoms with E-state index >= 15 is 0 Å². The van der Waals surface area contributed by atoms with Crippen molar-refractivity contribution in [2.75, 3.05) is 0 Å². The number of aromatic nitrogens is 2. The van der Waals surface area contributed by atoms with E-state index in [4.69, 9.17) is 69.6 Å². The number of rotatable bonds is 5. The van der Waals surface area contributed by atoms with Crippen molar-refractivity contribution in [3.63, 3.8) is 0 Å². The third-order valence-corrected chi connectivity index (χ3v) is 5.92. The molecule has 0 aliphatic rings. The largest absolute Gasteiger partial charge is 0.287 e. The number of aromatic amines is 1. The molecule has 0 radical (unpaired) electrons. The second-order valence-corrected chi connectivity index (χ2v) is 9.57. The molecule has 0 atom stereocenters. The summed E-state index contributed by atoms with van der Waals surface area (Å²) >= 11 is 36.7. The van der Waals surface area contributed by atoms with E-state index in [2.05, 4.69) is 10.2 Å². The zero-order valence-corrected chi connectivity index (χ0v) is 20.8. The minimum absolute atomic E-state index is 0.0307. The lowest BCUT2D eigenvalue weighted by Crippen LogP contribution is -2.07. The highest BCUT2D eigenvalue weighted by Crippen LogP contribution is 2.34. The number of carbonyl (C=O) groups excluding carboxylic acids is 2. The molecule has 1 N–H and O–H groups in total. The van der Waals surface area contributed by atoms with E-state index in [1.807, 2.05) is 0 Å². The highest BCUT2D eigenvalue weighted by Gasteiger charge is 2.27. The Morgan fingerprint density at radius 1 is 0.576 bits per heavy atom. The van der Waals surface area contributed by atoms with Gasteiger partial charge in [-0.15, -0.1) is 0 Å². The lowest BCUT2D eigenvalue weighted by atomic mass is 9.95. The summed E-state index contributed by atoms with van der Waals surface area (Å²) in [5, 5.41) is 8.55. The fourth-order valence-electron chi connectivity index (χ4n) is 3.30. The molecule has 0 unspecified atom stereocenters. The first-order valence-electron chi connectivity index (χ1n) is 9.19. The summed E-state index contributed by atoms with van der Waals surface area (Å²) in [7, 11) is 0. The van der Waals surface area contributed by atoms with E-state index < -0.39 is 11.6 Å². The Bertz CT molecular complexity index is 1290. The minimum Gasteiger partial charge on any atom is -0.287 e. The van der Waals surface area contributed by atoms with Crippen molar-refractivity contribution in [2.45, 2.75) is 0 Å². The molecule has 10 heteroatoms. The smallest absolute Gasteiger partial charge is 0.213 e. The third-order valence-electron chi connectivity index (χ3n) is 4.61. The van der Waals surface area contributed by atoms with Gasteiger partial charge in [0.2, 0.25) is 11.6 Å². The number of ketones is 2. The number of benzene rings is 3. The number of hydrogen-bond donors (Lipinski definition) is 1. The molecule has 1 aromatic heterocycles. The Balaban J connectivity index is 1.94. The van der Waals surface area contributed by atoms with Crippen LogP contribution in [0.25, 0.3) is 11.1 Å². The molecule has 0 spiro atoms. The second kappa shape index (κ2) is 9.67. The summed E-state index contributed by atoms with van der Waals surface area (Å²) in [5.74, 6) is -0.994. The average molecular weight is 559 g/mol. The molecule has 0 bridgehead atoms. The van der Waals surface area contributed by atoms with Gasteiger partial charge in [-0.1, -0.05) is 69.6 Å². The monoisotopic (exact) mass is 556 g/mol. The average Bonchev–Trinajstić information content (AvgIpc) is 3.15. The molecule has 0 amide bonds. The fraction of sp³-hybridized carbons (Fsp3) is 0. The molecule has 4 aromatic rings. The predicted octanol–water partition coefficient (Wildman–Crippen LogP) is 8.46. The molecule has 0 aliphatic carbocycles. The summed E-state index contributed by atoms with van der Waals surface area (Å²) < 4.78 is 0. The minimum atomic E-state index is -0.509. The van der Waals surface area contributed by atoms with E-state index in [0.29, 0.717) is 15.6 Å². The van der Waals surface area contributed by atoms with Gasteiger partial charge >= 0.3 is 0 Å². The van der Waals surface area contributed by atoms with Gasteiger partial charge in [-0.25, -0.2) is 0 Å². The van der Waals surface area contributed by atoms with Gasteiger partial charge in [0.25, 0.3) is 0 Å². The molecule has 3 aromatic carbocycles. The summed E-state index contributed by atoms with van der Waals surface area (Å²) in [5.41, 5.74) is 1.01. The molecule has 0 aliphatic heterocycles. The van der Waals surface area contributed by atoms with Gasteiger partial charge in [0, 0.05) is 46.8 Å². The standard InChI is InChI=1S/C23H10Cl6N2O2/c24-13-1-10(2-14(25)7-13)19-20(22(32)11-3-15(26)8-16(27)4-11)30-31-21(19)23(33)12-5-17(28)9-18(29)6-12/h1-9H,(H,30,31). The van der Waals surface area contributed by atoms with Gasteiger partial charge in [-0.3, -0.25) is 14.7 Å². The van der Waals surface area contributed by atoms with Crippen LogP contribution in [-0.2, 0) is 0 Å². The van der Waals surface area contributed by atoms with E-state index in [0.717, 1.165) is 0 Å². The number of carbonyl (C=O) groups is 2. The van der Waals surface area contributed by atoms with Crippen LogP contribution in [0.1, 0.15) is 32.1 Å². The molecule has 4 nitrogen and oxygen atoms in total. The van der Waals surface area contributed by atoms with Crippen molar-refractivity contribution in [1.29, 1.82) is 0 Å². The number of hydrogen-bond acceptors (Lipinski definition) is 3. The summed E-state index contributed by atoms with van der Waals surface area (Å²) in [4.78, 5) is 26.8. The van der Waals surface area contributed by atoms with Gasteiger partial charge < -0.3 is 0 Å². The van der Waals surface area contributed by atoms with Crippen molar-refractivity contribution >= 4 is 81.2 Å². The maximum atomic E-state index is 13.4. The summed E-state index contributed by atoms with van der Waals surface area (Å²) in [6.45, 7) is 0. The van der Waals surface area contributed by atoms with Crippen molar-refractivity contribution in [1.82, 2.24) is 10.2 Å². The Labute approximate surface area is 218 Å². The fourth-order valence-corrected chi connectivity index (χ4v) is 4.88. The van der Waals surface area contributed by atoms with Gasteiger partial charge in [-0.05, 0) is 60.2 Å². The molecular weight excluding hydrogens is 549 g/mol. The van der Waals surface area contributed by atoms with E-state index in [9.17, 15) is 9.59 Å². The maximum absolute atomic E-state index is 13.4. The van der Waals surface area contributed by atoms with E-state index in [1.165, 1.54) is 42.5 Å². The van der Waals surface area contributed by atoms with Crippen LogP contribution in [-0.4, -0.2) is 21.8 Å². The number of H-pyrrole nitrogens is 1. The SMILES string of the molecule is O=C(c1cc(Cl)cc(Cl)c1)c1n[nH]c(C(=O)c2cc(Cl)cc(Cl)c2)c1-c1cc(Cl)cc(Cl)c1. The highest BCUT2D eigenvalue weighted by molar-refractivity contribution is 6.37. The summed E-state index contributed by atoms with van der Waals surface area (Å²) in [6, 6.07) is 13.5. The predicted molar refractivity (Wildman–Crippen MR) is 134 cm³/mol. The zero-order chi connectivity index (χ0) is 23.9. The van der Waals surface area contributed by atoms with Gasteiger partial charge in [-0.2, -0.15) is 5.10 Å². The summed E-state index contributed by atoms with van der Waals surface area (Å²) in [6.07, 6.45) is 0. The lowest BCUT2D eigenvalue weighted by molar-refractivity contribution is 0.102. The van der Waals surface area contributed by atoms with Crippen molar-refractivity contribution in [3.05, 3.63) is 107 Å². The van der Waals surface area contributed by atoms with Crippen LogP contribution in [0.2, 0.25) is 30.1 Å². The van der Waals surface area contributed by atoms with Gasteiger partial charge in [0.1, 0.15) is 11.4 Å². The molecule has 0 saturated heterocycles. The molecule has 0 saturated carbocycles.